The van der Waals surface area contributed by atoms with E-state index in [0.717, 1.165) is 23.9 Å². The van der Waals surface area contributed by atoms with Crippen molar-refractivity contribution in [3.63, 3.8) is 0 Å². The van der Waals surface area contributed by atoms with E-state index < -0.39 is 0 Å². The molecule has 0 bridgehead atoms. The number of rotatable bonds is 3. The Morgan fingerprint density at radius 3 is 3.14 bits per heavy atom. The Balaban J connectivity index is 2.35. The lowest BCUT2D eigenvalue weighted by atomic mass is 10.3. The van der Waals surface area contributed by atoms with E-state index in [-0.39, 0.29) is 12.0 Å². The number of amidine groups is 1. The first-order valence-corrected chi connectivity index (χ1v) is 5.83. The zero-order chi connectivity index (χ0) is 10.4. The molecule has 1 atom stereocenters. The second-order valence-electron chi connectivity index (χ2n) is 3.01. The monoisotopic (exact) mass is 216 g/mol. The van der Waals surface area contributed by atoms with Crippen LogP contribution in [-0.2, 0) is 9.53 Å². The Morgan fingerprint density at radius 2 is 2.57 bits per heavy atom. The number of nitrogens with one attached hydrogen (secondary N) is 1. The number of thioether (sulfide) groups is 1. The van der Waals surface area contributed by atoms with Gasteiger partial charge in [-0.25, -0.2) is 4.79 Å². The molecular weight excluding hydrogens is 200 g/mol. The summed E-state index contributed by atoms with van der Waals surface area (Å²) < 4.78 is 4.88. The molecule has 1 aliphatic heterocycles. The quantitative estimate of drug-likeness (QED) is 0.716. The minimum atomic E-state index is -0.306. The second kappa shape index (κ2) is 5.90. The fourth-order valence-electron chi connectivity index (χ4n) is 1.06. The van der Waals surface area contributed by atoms with Gasteiger partial charge in [0.15, 0.2) is 5.17 Å². The third kappa shape index (κ3) is 3.57. The van der Waals surface area contributed by atoms with E-state index in [0.29, 0.717) is 6.61 Å². The lowest BCUT2D eigenvalue weighted by Gasteiger charge is -2.17. The maximum Gasteiger partial charge on any atom is 0.328 e. The summed E-state index contributed by atoms with van der Waals surface area (Å²) in [5.41, 5.74) is 0. The van der Waals surface area contributed by atoms with Crippen molar-refractivity contribution < 1.29 is 9.53 Å². The summed E-state index contributed by atoms with van der Waals surface area (Å²) in [5, 5.41) is 3.90. The van der Waals surface area contributed by atoms with Gasteiger partial charge in [-0.2, -0.15) is 0 Å². The van der Waals surface area contributed by atoms with Gasteiger partial charge < -0.3 is 10.1 Å². The zero-order valence-corrected chi connectivity index (χ0v) is 9.39. The molecule has 1 unspecified atom stereocenters. The molecule has 14 heavy (non-hydrogen) atoms. The van der Waals surface area contributed by atoms with E-state index in [1.165, 1.54) is 0 Å². The van der Waals surface area contributed by atoms with E-state index in [9.17, 15) is 4.79 Å². The predicted molar refractivity (Wildman–Crippen MR) is 58.6 cm³/mol. The number of esters is 1. The fourth-order valence-corrected chi connectivity index (χ4v) is 1.97. The Morgan fingerprint density at radius 1 is 1.79 bits per heavy atom. The molecular formula is C9H16N2O2S. The molecule has 1 aliphatic rings. The maximum absolute atomic E-state index is 11.3. The molecule has 4 nitrogen and oxygen atoms in total. The summed E-state index contributed by atoms with van der Waals surface area (Å²) in [5.74, 6) is 0.850. The molecule has 0 aliphatic carbocycles. The highest BCUT2D eigenvalue weighted by atomic mass is 32.2. The van der Waals surface area contributed by atoms with E-state index in [1.807, 2.05) is 0 Å². The minimum absolute atomic E-state index is 0.221. The number of nitrogens with zero attached hydrogens (tertiary/aromatic N) is 1. The number of hydrogen-bond donors (Lipinski definition) is 1. The highest BCUT2D eigenvalue weighted by molar-refractivity contribution is 8.13. The van der Waals surface area contributed by atoms with Gasteiger partial charge in [0.2, 0.25) is 0 Å². The van der Waals surface area contributed by atoms with Gasteiger partial charge >= 0.3 is 5.97 Å². The van der Waals surface area contributed by atoms with Crippen LogP contribution in [0.1, 0.15) is 20.3 Å². The molecule has 0 amide bonds. The Hall–Kier alpha value is -0.710. The number of ether oxygens (including phenoxy) is 1. The molecule has 0 aromatic carbocycles. The molecule has 0 spiro atoms. The highest BCUT2D eigenvalue weighted by Gasteiger charge is 2.16. The van der Waals surface area contributed by atoms with Crippen molar-refractivity contribution in [2.75, 3.05) is 18.9 Å². The van der Waals surface area contributed by atoms with Crippen molar-refractivity contribution >= 4 is 22.9 Å². The zero-order valence-electron chi connectivity index (χ0n) is 8.58. The van der Waals surface area contributed by atoms with Crippen LogP contribution in [0.5, 0.6) is 0 Å². The number of carbonyl (C=O) groups excluding carboxylic acids is 1. The summed E-state index contributed by atoms with van der Waals surface area (Å²) >= 11 is 1.66. The Bertz CT molecular complexity index is 231. The molecule has 1 heterocycles. The first kappa shape index (κ1) is 11.4. The van der Waals surface area contributed by atoms with E-state index in [4.69, 9.17) is 4.74 Å². The average molecular weight is 216 g/mol. The normalized spacial score (nSPS) is 18.3. The average Bonchev–Trinajstić information content (AvgIpc) is 2.19. The van der Waals surface area contributed by atoms with E-state index >= 15 is 0 Å². The smallest absolute Gasteiger partial charge is 0.328 e. The second-order valence-corrected chi connectivity index (χ2v) is 4.09. The third-order valence-corrected chi connectivity index (χ3v) is 2.79. The van der Waals surface area contributed by atoms with Crippen molar-refractivity contribution in [1.82, 2.24) is 5.32 Å². The Labute approximate surface area is 88.5 Å². The van der Waals surface area contributed by atoms with Crippen LogP contribution in [-0.4, -0.2) is 36.1 Å². The van der Waals surface area contributed by atoms with Crippen molar-refractivity contribution in [3.05, 3.63) is 0 Å². The molecule has 0 aromatic rings. The molecule has 0 saturated heterocycles. The molecule has 0 radical (unpaired) electrons. The van der Waals surface area contributed by atoms with Gasteiger partial charge in [-0.15, -0.1) is 0 Å². The number of aliphatic imine (C=N–C) groups is 1. The van der Waals surface area contributed by atoms with Crippen LogP contribution >= 0.6 is 11.8 Å². The third-order valence-electron chi connectivity index (χ3n) is 1.78. The highest BCUT2D eigenvalue weighted by Crippen LogP contribution is 2.10. The molecule has 1 rings (SSSR count). The van der Waals surface area contributed by atoms with E-state index in [1.54, 1.807) is 25.6 Å². The van der Waals surface area contributed by atoms with Gasteiger partial charge in [0.1, 0.15) is 6.04 Å². The lowest BCUT2D eigenvalue weighted by molar-refractivity contribution is -0.144. The van der Waals surface area contributed by atoms with Gasteiger partial charge in [0.05, 0.1) is 6.61 Å². The van der Waals surface area contributed by atoms with Crippen molar-refractivity contribution in [3.8, 4) is 0 Å². The molecule has 0 saturated carbocycles. The van der Waals surface area contributed by atoms with Gasteiger partial charge in [-0.1, -0.05) is 11.8 Å². The largest absolute Gasteiger partial charge is 0.464 e. The van der Waals surface area contributed by atoms with Gasteiger partial charge in [-0.05, 0) is 20.3 Å². The van der Waals surface area contributed by atoms with Crippen molar-refractivity contribution in [2.24, 2.45) is 4.99 Å². The number of carbonyl (C=O) groups is 1. The molecule has 0 aromatic heterocycles. The summed E-state index contributed by atoms with van der Waals surface area (Å²) in [6.45, 7) is 4.86. The van der Waals surface area contributed by atoms with Crippen LogP contribution in [0.3, 0.4) is 0 Å². The summed E-state index contributed by atoms with van der Waals surface area (Å²) in [7, 11) is 0. The molecule has 1 N–H and O–H groups in total. The van der Waals surface area contributed by atoms with Crippen LogP contribution in [0.2, 0.25) is 0 Å². The number of hydrogen-bond acceptors (Lipinski definition) is 5. The summed E-state index contributed by atoms with van der Waals surface area (Å²) in [6, 6.07) is -0.306. The lowest BCUT2D eigenvalue weighted by Crippen LogP contribution is -2.39. The van der Waals surface area contributed by atoms with Crippen molar-refractivity contribution in [1.29, 1.82) is 0 Å². The maximum atomic E-state index is 11.3. The van der Waals surface area contributed by atoms with Gasteiger partial charge in [0.25, 0.3) is 0 Å². The van der Waals surface area contributed by atoms with Crippen molar-refractivity contribution in [2.45, 2.75) is 26.3 Å². The van der Waals surface area contributed by atoms with E-state index in [2.05, 4.69) is 10.3 Å². The standard InChI is InChI=1S/C9H16N2O2S/c1-3-13-8(12)7(2)11-9-10-5-4-6-14-9/h7H,3-6H2,1-2H3,(H,10,11). The topological polar surface area (TPSA) is 50.7 Å². The fraction of sp³-hybridized carbons (Fsp3) is 0.778. The SMILES string of the molecule is CCOC(=O)C(C)NC1=NCCCS1. The summed E-state index contributed by atoms with van der Waals surface area (Å²) in [6.07, 6.45) is 1.11. The first-order valence-electron chi connectivity index (χ1n) is 4.84. The van der Waals surface area contributed by atoms with Gasteiger partial charge in [-0.3, -0.25) is 4.99 Å². The van der Waals surface area contributed by atoms with Crippen LogP contribution in [0.15, 0.2) is 4.99 Å². The van der Waals surface area contributed by atoms with Crippen LogP contribution < -0.4 is 5.32 Å². The summed E-state index contributed by atoms with van der Waals surface area (Å²) in [4.78, 5) is 15.5. The van der Waals surface area contributed by atoms with Crippen LogP contribution in [0.25, 0.3) is 0 Å². The predicted octanol–water partition coefficient (Wildman–Crippen LogP) is 1.02. The van der Waals surface area contributed by atoms with Gasteiger partial charge in [0, 0.05) is 12.3 Å². The molecule has 0 fully saturated rings. The van der Waals surface area contributed by atoms with Crippen LogP contribution in [0, 0.1) is 0 Å². The minimum Gasteiger partial charge on any atom is -0.464 e. The first-order chi connectivity index (χ1) is 6.74. The molecule has 80 valence electrons. The Kier molecular flexibility index (Phi) is 4.79. The van der Waals surface area contributed by atoms with Crippen LogP contribution in [0.4, 0.5) is 0 Å². The molecule has 5 heteroatoms.